The molecule has 0 fully saturated rings. The van der Waals surface area contributed by atoms with E-state index in [0.29, 0.717) is 0 Å². The Morgan fingerprint density at radius 3 is 1.62 bits per heavy atom. The summed E-state index contributed by atoms with van der Waals surface area (Å²) in [5.74, 6) is 0. The fourth-order valence-electron chi connectivity index (χ4n) is 5.31. The van der Waals surface area contributed by atoms with E-state index in [1.54, 1.807) is 0 Å². The van der Waals surface area contributed by atoms with Crippen molar-refractivity contribution >= 4 is 40.4 Å². The number of hydrogen-bond donors (Lipinski definition) is 0. The summed E-state index contributed by atoms with van der Waals surface area (Å²) < 4.78 is 0. The van der Waals surface area contributed by atoms with Crippen molar-refractivity contribution in [3.63, 3.8) is 0 Å². The van der Waals surface area contributed by atoms with Crippen molar-refractivity contribution in [1.82, 2.24) is 0 Å². The van der Waals surface area contributed by atoms with E-state index < -0.39 is 8.07 Å². The Kier molecular flexibility index (Phi) is 4.60. The van der Waals surface area contributed by atoms with Crippen LogP contribution in [0.1, 0.15) is 0 Å². The van der Waals surface area contributed by atoms with Crippen LogP contribution >= 0.6 is 11.6 Å². The Hall–Kier alpha value is -3.39. The highest BCUT2D eigenvalue weighted by Gasteiger charge is 2.49. The van der Waals surface area contributed by atoms with Gasteiger partial charge in [0.25, 0.3) is 0 Å². The number of rotatable bonds is 3. The van der Waals surface area contributed by atoms with E-state index in [-0.39, 0.29) is 0 Å². The summed E-state index contributed by atoms with van der Waals surface area (Å²) in [5, 5.41) is 6.40. The normalized spacial score (nSPS) is 13.4. The Balaban J connectivity index is 1.78. The molecule has 0 unspecified atom stereocenters. The zero-order valence-corrected chi connectivity index (χ0v) is 19.3. The minimum absolute atomic E-state index is 0.829. The van der Waals surface area contributed by atoms with Gasteiger partial charge < -0.3 is 0 Å². The molecule has 6 rings (SSSR count). The predicted octanol–water partition coefficient (Wildman–Crippen LogP) is 5.36. The van der Waals surface area contributed by atoms with Crippen LogP contribution in [-0.2, 0) is 0 Å². The lowest BCUT2D eigenvalue weighted by Crippen LogP contribution is -2.72. The maximum absolute atomic E-state index is 7.08. The second-order valence-corrected chi connectivity index (χ2v) is 12.4. The fourth-order valence-corrected chi connectivity index (χ4v) is 10.9. The third-order valence-electron chi connectivity index (χ3n) is 6.62. The van der Waals surface area contributed by atoms with Gasteiger partial charge in [-0.2, -0.15) is 0 Å². The van der Waals surface area contributed by atoms with Crippen LogP contribution in [0.5, 0.6) is 0 Å². The molecular formula is C30H21ClSi. The molecule has 0 saturated heterocycles. The minimum atomic E-state index is -2.51. The maximum Gasteiger partial charge on any atom is 0.180 e. The molecule has 152 valence electrons. The largest absolute Gasteiger partial charge is 0.180 e. The molecule has 0 aliphatic carbocycles. The fraction of sp³-hybridized carbons (Fsp3) is 0. The van der Waals surface area contributed by atoms with Gasteiger partial charge in [0, 0.05) is 10.6 Å². The van der Waals surface area contributed by atoms with Gasteiger partial charge in [-0.25, -0.2) is 0 Å². The Morgan fingerprint density at radius 2 is 1.00 bits per heavy atom. The average molecular weight is 445 g/mol. The van der Waals surface area contributed by atoms with Gasteiger partial charge in [0.2, 0.25) is 0 Å². The standard InChI is InChI=1S/C30H21ClSi/c31-27-20-23(22-12-4-1-5-13-22)21-29-30(27)26-18-10-11-19-28(26)32(29,24-14-6-2-7-15-24)25-16-8-3-9-17-25/h1-21H. The van der Waals surface area contributed by atoms with E-state index >= 15 is 0 Å². The van der Waals surface area contributed by atoms with Crippen molar-refractivity contribution in [2.75, 3.05) is 0 Å². The molecule has 5 aromatic rings. The maximum atomic E-state index is 7.08. The molecule has 0 radical (unpaired) electrons. The molecule has 0 atom stereocenters. The summed E-state index contributed by atoms with van der Waals surface area (Å²) in [5.41, 5.74) is 4.83. The lowest BCUT2D eigenvalue weighted by Gasteiger charge is -2.31. The van der Waals surface area contributed by atoms with Gasteiger partial charge in [-0.1, -0.05) is 133 Å². The van der Waals surface area contributed by atoms with E-state index in [1.807, 2.05) is 0 Å². The van der Waals surface area contributed by atoms with Crippen molar-refractivity contribution in [2.24, 2.45) is 0 Å². The molecule has 1 aliphatic heterocycles. The van der Waals surface area contributed by atoms with Gasteiger partial charge in [-0.15, -0.1) is 0 Å². The van der Waals surface area contributed by atoms with Crippen LogP contribution < -0.4 is 20.7 Å². The first-order valence-electron chi connectivity index (χ1n) is 10.9. The van der Waals surface area contributed by atoms with Crippen LogP contribution in [0.25, 0.3) is 22.3 Å². The first kappa shape index (κ1) is 19.3. The van der Waals surface area contributed by atoms with Gasteiger partial charge >= 0.3 is 0 Å². The third kappa shape index (κ3) is 2.75. The summed E-state index contributed by atoms with van der Waals surface area (Å²) in [6, 6.07) is 46.0. The van der Waals surface area contributed by atoms with Crippen LogP contribution in [0.4, 0.5) is 0 Å². The molecule has 0 saturated carbocycles. The number of halogens is 1. The molecule has 0 aromatic heterocycles. The molecular weight excluding hydrogens is 424 g/mol. The average Bonchev–Trinajstić information content (AvgIpc) is 3.17. The lowest BCUT2D eigenvalue weighted by atomic mass is 10.0. The number of benzene rings is 5. The molecule has 0 spiro atoms. The molecule has 5 aromatic carbocycles. The van der Waals surface area contributed by atoms with Crippen LogP contribution in [-0.4, -0.2) is 8.07 Å². The molecule has 0 amide bonds. The summed E-state index contributed by atoms with van der Waals surface area (Å²) >= 11 is 7.08. The second kappa shape index (κ2) is 7.63. The molecule has 0 bridgehead atoms. The van der Waals surface area contributed by atoms with Gasteiger partial charge in [0.15, 0.2) is 8.07 Å². The highest BCUT2D eigenvalue weighted by Crippen LogP contribution is 2.36. The number of hydrogen-bond acceptors (Lipinski definition) is 0. The first-order valence-corrected chi connectivity index (χ1v) is 13.3. The van der Waals surface area contributed by atoms with Crippen molar-refractivity contribution in [2.45, 2.75) is 0 Å². The Bertz CT molecular complexity index is 1370. The monoisotopic (exact) mass is 444 g/mol. The highest BCUT2D eigenvalue weighted by molar-refractivity contribution is 7.22. The van der Waals surface area contributed by atoms with Crippen molar-refractivity contribution in [3.8, 4) is 22.3 Å². The number of fused-ring (bicyclic) bond motifs is 3. The zero-order valence-electron chi connectivity index (χ0n) is 17.5. The van der Waals surface area contributed by atoms with Crippen molar-refractivity contribution < 1.29 is 0 Å². The molecule has 0 nitrogen and oxygen atoms in total. The Labute approximate surface area is 194 Å². The SMILES string of the molecule is Clc1cc(-c2ccccc2)cc2c1-c1ccccc1[Si]2(c1ccccc1)c1ccccc1. The summed E-state index contributed by atoms with van der Waals surface area (Å²) in [6.45, 7) is 0. The third-order valence-corrected chi connectivity index (χ3v) is 11.8. The zero-order chi connectivity index (χ0) is 21.5. The van der Waals surface area contributed by atoms with Crippen molar-refractivity contribution in [1.29, 1.82) is 0 Å². The predicted molar refractivity (Wildman–Crippen MR) is 139 cm³/mol. The minimum Gasteiger partial charge on any atom is -0.0836 e. The summed E-state index contributed by atoms with van der Waals surface area (Å²) in [7, 11) is -2.51. The quantitative estimate of drug-likeness (QED) is 0.322. The second-order valence-electron chi connectivity index (χ2n) is 8.27. The molecule has 2 heteroatoms. The van der Waals surface area contributed by atoms with Crippen LogP contribution in [0.15, 0.2) is 127 Å². The van der Waals surface area contributed by atoms with E-state index in [4.69, 9.17) is 11.6 Å². The van der Waals surface area contributed by atoms with Gasteiger partial charge in [0.05, 0.1) is 0 Å². The smallest absolute Gasteiger partial charge is 0.0836 e. The van der Waals surface area contributed by atoms with Gasteiger partial charge in [-0.3, -0.25) is 0 Å². The summed E-state index contributed by atoms with van der Waals surface area (Å²) in [4.78, 5) is 0. The van der Waals surface area contributed by atoms with Crippen LogP contribution in [0.3, 0.4) is 0 Å². The van der Waals surface area contributed by atoms with E-state index in [9.17, 15) is 0 Å². The van der Waals surface area contributed by atoms with E-state index in [1.165, 1.54) is 43.0 Å². The van der Waals surface area contributed by atoms with E-state index in [0.717, 1.165) is 5.02 Å². The summed E-state index contributed by atoms with van der Waals surface area (Å²) in [6.07, 6.45) is 0. The molecule has 32 heavy (non-hydrogen) atoms. The first-order chi connectivity index (χ1) is 15.8. The van der Waals surface area contributed by atoms with Crippen LogP contribution in [0, 0.1) is 0 Å². The molecule has 1 aliphatic rings. The van der Waals surface area contributed by atoms with Crippen molar-refractivity contribution in [3.05, 3.63) is 132 Å². The van der Waals surface area contributed by atoms with Gasteiger partial charge in [-0.05, 0) is 43.5 Å². The lowest BCUT2D eigenvalue weighted by molar-refractivity contribution is 1.63. The van der Waals surface area contributed by atoms with Gasteiger partial charge in [0.1, 0.15) is 0 Å². The topological polar surface area (TPSA) is 0 Å². The van der Waals surface area contributed by atoms with Crippen LogP contribution in [0.2, 0.25) is 5.02 Å². The Morgan fingerprint density at radius 1 is 0.469 bits per heavy atom. The highest BCUT2D eigenvalue weighted by atomic mass is 35.5. The molecule has 0 N–H and O–H groups in total. The van der Waals surface area contributed by atoms with E-state index in [2.05, 4.69) is 127 Å². The molecule has 1 heterocycles.